The first kappa shape index (κ1) is 18.2. The van der Waals surface area contributed by atoms with Gasteiger partial charge in [0.25, 0.3) is 5.91 Å². The zero-order chi connectivity index (χ0) is 19.3. The van der Waals surface area contributed by atoms with Crippen molar-refractivity contribution in [3.8, 4) is 5.82 Å². The maximum atomic E-state index is 13.9. The first-order valence-electron chi connectivity index (χ1n) is 9.28. The lowest BCUT2D eigenvalue weighted by atomic mass is 10.0. The highest BCUT2D eigenvalue weighted by atomic mass is 19.1. The number of benzene rings is 1. The maximum absolute atomic E-state index is 13.9. The minimum Gasteiger partial charge on any atom is -0.347 e. The SMILES string of the molecule is O=C(N[C@H]1CCCN(Cc2ccccc2F)C1)c1cccc(-n2cnnc2)n1. The molecule has 2 aromatic heterocycles. The van der Waals surface area contributed by atoms with Gasteiger partial charge >= 0.3 is 0 Å². The molecule has 8 heteroatoms. The summed E-state index contributed by atoms with van der Waals surface area (Å²) >= 11 is 0. The van der Waals surface area contributed by atoms with Crippen molar-refractivity contribution in [2.45, 2.75) is 25.4 Å². The van der Waals surface area contributed by atoms with E-state index in [9.17, 15) is 9.18 Å². The third-order valence-corrected chi connectivity index (χ3v) is 4.84. The fourth-order valence-corrected chi connectivity index (χ4v) is 3.46. The van der Waals surface area contributed by atoms with Crippen LogP contribution in [0.5, 0.6) is 0 Å². The summed E-state index contributed by atoms with van der Waals surface area (Å²) in [6.07, 6.45) is 4.91. The van der Waals surface area contributed by atoms with Crippen LogP contribution in [0.3, 0.4) is 0 Å². The molecule has 1 amide bonds. The van der Waals surface area contributed by atoms with E-state index >= 15 is 0 Å². The first-order valence-corrected chi connectivity index (χ1v) is 9.28. The third kappa shape index (κ3) is 4.23. The number of nitrogens with one attached hydrogen (secondary N) is 1. The number of amides is 1. The second-order valence-corrected chi connectivity index (χ2v) is 6.89. The summed E-state index contributed by atoms with van der Waals surface area (Å²) < 4.78 is 15.6. The lowest BCUT2D eigenvalue weighted by Gasteiger charge is -2.33. The number of aromatic nitrogens is 4. The Hall–Kier alpha value is -3.13. The molecular formula is C20H21FN6O. The third-order valence-electron chi connectivity index (χ3n) is 4.84. The van der Waals surface area contributed by atoms with Gasteiger partial charge in [-0.2, -0.15) is 0 Å². The normalized spacial score (nSPS) is 17.4. The van der Waals surface area contributed by atoms with Gasteiger partial charge in [0, 0.05) is 24.7 Å². The van der Waals surface area contributed by atoms with Crippen molar-refractivity contribution in [3.63, 3.8) is 0 Å². The van der Waals surface area contributed by atoms with Crippen LogP contribution in [0.2, 0.25) is 0 Å². The molecule has 3 heterocycles. The molecule has 0 radical (unpaired) electrons. The van der Waals surface area contributed by atoms with Gasteiger partial charge in [0.15, 0.2) is 0 Å². The molecule has 0 spiro atoms. The Labute approximate surface area is 162 Å². The summed E-state index contributed by atoms with van der Waals surface area (Å²) in [6.45, 7) is 2.12. The van der Waals surface area contributed by atoms with Crippen molar-refractivity contribution in [3.05, 3.63) is 72.2 Å². The highest BCUT2D eigenvalue weighted by Crippen LogP contribution is 2.16. The van der Waals surface area contributed by atoms with E-state index < -0.39 is 0 Å². The molecule has 0 saturated carbocycles. The molecule has 144 valence electrons. The number of piperidine rings is 1. The Kier molecular flexibility index (Phi) is 5.38. The monoisotopic (exact) mass is 380 g/mol. The number of likely N-dealkylation sites (tertiary alicyclic amines) is 1. The van der Waals surface area contributed by atoms with Crippen LogP contribution in [0.4, 0.5) is 4.39 Å². The number of rotatable bonds is 5. The Balaban J connectivity index is 1.39. The number of nitrogens with zero attached hydrogens (tertiary/aromatic N) is 5. The standard InChI is InChI=1S/C20H21FN6O/c21-17-7-2-1-5-15(17)11-26-10-4-6-16(12-26)24-20(28)18-8-3-9-19(25-18)27-13-22-23-14-27/h1-3,5,7-9,13-14,16H,4,6,10-12H2,(H,24,28)/t16-/m0/s1. The van der Waals surface area contributed by atoms with Gasteiger partial charge < -0.3 is 5.32 Å². The molecular weight excluding hydrogens is 359 g/mol. The van der Waals surface area contributed by atoms with Gasteiger partial charge in [-0.05, 0) is 37.6 Å². The van der Waals surface area contributed by atoms with Crippen LogP contribution in [0.15, 0.2) is 55.1 Å². The van der Waals surface area contributed by atoms with E-state index in [1.165, 1.54) is 18.7 Å². The van der Waals surface area contributed by atoms with Crippen molar-refractivity contribution >= 4 is 5.91 Å². The molecule has 1 aliphatic heterocycles. The minimum atomic E-state index is -0.215. The Bertz CT molecular complexity index is 945. The highest BCUT2D eigenvalue weighted by molar-refractivity contribution is 5.92. The van der Waals surface area contributed by atoms with Gasteiger partial charge in [-0.3, -0.25) is 14.3 Å². The Morgan fingerprint density at radius 1 is 1.14 bits per heavy atom. The number of hydrogen-bond acceptors (Lipinski definition) is 5. The summed E-state index contributed by atoms with van der Waals surface area (Å²) in [4.78, 5) is 19.2. The van der Waals surface area contributed by atoms with Crippen molar-refractivity contribution in [1.29, 1.82) is 0 Å². The molecule has 4 rings (SSSR count). The van der Waals surface area contributed by atoms with Crippen molar-refractivity contribution in [2.24, 2.45) is 0 Å². The molecule has 1 aliphatic rings. The summed E-state index contributed by atoms with van der Waals surface area (Å²) in [7, 11) is 0. The lowest BCUT2D eigenvalue weighted by molar-refractivity contribution is 0.0895. The molecule has 1 fully saturated rings. The first-order chi connectivity index (χ1) is 13.7. The number of halogens is 1. The van der Waals surface area contributed by atoms with Crippen LogP contribution in [0.25, 0.3) is 5.82 Å². The van der Waals surface area contributed by atoms with Crippen LogP contribution in [0, 0.1) is 5.82 Å². The van der Waals surface area contributed by atoms with Crippen LogP contribution in [0.1, 0.15) is 28.9 Å². The van der Waals surface area contributed by atoms with Gasteiger partial charge in [-0.25, -0.2) is 9.37 Å². The zero-order valence-corrected chi connectivity index (χ0v) is 15.3. The number of hydrogen-bond donors (Lipinski definition) is 1. The Morgan fingerprint density at radius 2 is 1.96 bits per heavy atom. The van der Waals surface area contributed by atoms with Gasteiger partial charge in [0.2, 0.25) is 0 Å². The Morgan fingerprint density at radius 3 is 2.79 bits per heavy atom. The minimum absolute atomic E-state index is 0.00777. The highest BCUT2D eigenvalue weighted by Gasteiger charge is 2.23. The van der Waals surface area contributed by atoms with E-state index in [0.29, 0.717) is 30.2 Å². The smallest absolute Gasteiger partial charge is 0.270 e. The number of carbonyl (C=O) groups excluding carboxylic acids is 1. The van der Waals surface area contributed by atoms with Crippen molar-refractivity contribution in [2.75, 3.05) is 13.1 Å². The van der Waals surface area contributed by atoms with Gasteiger partial charge in [-0.1, -0.05) is 24.3 Å². The quantitative estimate of drug-likeness (QED) is 0.734. The molecule has 0 bridgehead atoms. The molecule has 0 unspecified atom stereocenters. The average Bonchev–Trinajstić information content (AvgIpc) is 3.25. The molecule has 1 saturated heterocycles. The van der Waals surface area contributed by atoms with E-state index in [-0.39, 0.29) is 17.8 Å². The molecule has 1 N–H and O–H groups in total. The summed E-state index contributed by atoms with van der Waals surface area (Å²) in [6, 6.07) is 12.1. The fourth-order valence-electron chi connectivity index (χ4n) is 3.46. The average molecular weight is 380 g/mol. The number of pyridine rings is 1. The van der Waals surface area contributed by atoms with Crippen LogP contribution < -0.4 is 5.32 Å². The van der Waals surface area contributed by atoms with E-state index in [2.05, 4.69) is 25.4 Å². The van der Waals surface area contributed by atoms with Crippen molar-refractivity contribution in [1.82, 2.24) is 30.0 Å². The summed E-state index contributed by atoms with van der Waals surface area (Å²) in [5, 5.41) is 10.6. The summed E-state index contributed by atoms with van der Waals surface area (Å²) in [5.74, 6) is 0.179. The summed E-state index contributed by atoms with van der Waals surface area (Å²) in [5.41, 5.74) is 1.02. The van der Waals surface area contributed by atoms with E-state index in [4.69, 9.17) is 0 Å². The van der Waals surface area contributed by atoms with Crippen molar-refractivity contribution < 1.29 is 9.18 Å². The van der Waals surface area contributed by atoms with E-state index in [0.717, 1.165) is 19.4 Å². The zero-order valence-electron chi connectivity index (χ0n) is 15.3. The van der Waals surface area contributed by atoms with Crippen LogP contribution in [-0.4, -0.2) is 49.7 Å². The maximum Gasteiger partial charge on any atom is 0.270 e. The molecule has 7 nitrogen and oxygen atoms in total. The van der Waals surface area contributed by atoms with Gasteiger partial charge in [-0.15, -0.1) is 10.2 Å². The van der Waals surface area contributed by atoms with Gasteiger partial charge in [0.05, 0.1) is 0 Å². The van der Waals surface area contributed by atoms with Crippen LogP contribution in [-0.2, 0) is 6.54 Å². The molecule has 28 heavy (non-hydrogen) atoms. The van der Waals surface area contributed by atoms with E-state index in [1.807, 2.05) is 6.07 Å². The predicted molar refractivity (Wildman–Crippen MR) is 101 cm³/mol. The second-order valence-electron chi connectivity index (χ2n) is 6.89. The second kappa shape index (κ2) is 8.26. The fraction of sp³-hybridized carbons (Fsp3) is 0.300. The largest absolute Gasteiger partial charge is 0.347 e. The van der Waals surface area contributed by atoms with E-state index in [1.54, 1.807) is 34.9 Å². The van der Waals surface area contributed by atoms with Crippen LogP contribution >= 0.6 is 0 Å². The molecule has 1 atom stereocenters. The molecule has 0 aliphatic carbocycles. The predicted octanol–water partition coefficient (Wildman–Crippen LogP) is 2.20. The topological polar surface area (TPSA) is 75.9 Å². The van der Waals surface area contributed by atoms with Gasteiger partial charge in [0.1, 0.15) is 30.0 Å². The molecule has 3 aromatic rings. The number of carbonyl (C=O) groups is 1. The molecule has 1 aromatic carbocycles. The lowest BCUT2D eigenvalue weighted by Crippen LogP contribution is -2.47.